The van der Waals surface area contributed by atoms with Gasteiger partial charge in [0.15, 0.2) is 17.3 Å². The van der Waals surface area contributed by atoms with E-state index in [1.54, 1.807) is 13.2 Å². The largest absolute Gasteiger partial charge is 0.504 e. The van der Waals surface area contributed by atoms with Gasteiger partial charge in [0.25, 0.3) is 0 Å². The highest BCUT2D eigenvalue weighted by atomic mass is 35.5. The molecule has 1 saturated heterocycles. The van der Waals surface area contributed by atoms with Gasteiger partial charge < -0.3 is 14.7 Å². The van der Waals surface area contributed by atoms with E-state index in [0.717, 1.165) is 30.5 Å². The molecular weight excluding hydrogens is 314 g/mol. The summed E-state index contributed by atoms with van der Waals surface area (Å²) in [5.41, 5.74) is 1.85. The molecule has 4 nitrogen and oxygen atoms in total. The molecule has 2 bridgehead atoms. The van der Waals surface area contributed by atoms with Gasteiger partial charge in [0.05, 0.1) is 7.11 Å². The highest BCUT2D eigenvalue weighted by Gasteiger charge is 2.54. The maximum Gasteiger partial charge on any atom is 0.161 e. The Balaban J connectivity index is 0.00000156. The third kappa shape index (κ3) is 2.12. The van der Waals surface area contributed by atoms with Gasteiger partial charge in [-0.15, -0.1) is 12.4 Å². The van der Waals surface area contributed by atoms with E-state index < -0.39 is 0 Å². The fraction of sp³-hybridized carbons (Fsp3) is 0.500. The number of methoxy groups -OCH3 is 1. The molecule has 0 spiro atoms. The Morgan fingerprint density at radius 1 is 1.39 bits per heavy atom. The molecule has 1 aliphatic heterocycles. The molecule has 5 heteroatoms. The fourth-order valence-electron chi connectivity index (χ4n) is 4.84. The number of allylic oxidation sites excluding steroid dienone is 1. The molecule has 1 heterocycles. The summed E-state index contributed by atoms with van der Waals surface area (Å²) in [6.07, 6.45) is 6.11. The summed E-state index contributed by atoms with van der Waals surface area (Å²) < 4.78 is 5.31. The van der Waals surface area contributed by atoms with Crippen LogP contribution < -0.4 is 4.74 Å². The van der Waals surface area contributed by atoms with Gasteiger partial charge >= 0.3 is 0 Å². The summed E-state index contributed by atoms with van der Waals surface area (Å²) in [6.45, 7) is 0.957. The van der Waals surface area contributed by atoms with Crippen LogP contribution in [-0.4, -0.2) is 42.5 Å². The summed E-state index contributed by atoms with van der Waals surface area (Å²) >= 11 is 0. The van der Waals surface area contributed by atoms with E-state index in [4.69, 9.17) is 4.74 Å². The number of nitrogens with zero attached hydrogens (tertiary/aromatic N) is 1. The number of carbonyl (C=O) groups is 1. The molecular formula is C18H22ClNO3. The van der Waals surface area contributed by atoms with E-state index in [9.17, 15) is 9.90 Å². The van der Waals surface area contributed by atoms with Gasteiger partial charge in [-0.3, -0.25) is 4.79 Å². The predicted molar refractivity (Wildman–Crippen MR) is 90.6 cm³/mol. The van der Waals surface area contributed by atoms with Crippen LogP contribution in [0.15, 0.2) is 24.3 Å². The van der Waals surface area contributed by atoms with Crippen LogP contribution >= 0.6 is 12.4 Å². The van der Waals surface area contributed by atoms with Crippen molar-refractivity contribution in [3.63, 3.8) is 0 Å². The highest BCUT2D eigenvalue weighted by molar-refractivity contribution is 5.92. The number of phenolic OH excluding ortho intramolecular Hbond substituents is 1. The van der Waals surface area contributed by atoms with E-state index in [1.807, 2.05) is 6.07 Å². The summed E-state index contributed by atoms with van der Waals surface area (Å²) in [7, 11) is 3.73. The standard InChI is InChI=1S/C18H21NO3.ClH/c1-19-8-7-18-10-12(20)4-5-13(18)14(19)9-11-3-6-15(22-2)17(21)16(11)18;/h3-6,13-14,21H,7-10H2,1-2H3;1H/t13-,14+,18-;/m0./s1. The van der Waals surface area contributed by atoms with E-state index in [2.05, 4.69) is 24.1 Å². The van der Waals surface area contributed by atoms with E-state index >= 15 is 0 Å². The molecule has 3 atom stereocenters. The number of likely N-dealkylation sites (tertiary alicyclic amines) is 1. The number of ketones is 1. The van der Waals surface area contributed by atoms with Crippen molar-refractivity contribution < 1.29 is 14.6 Å². The van der Waals surface area contributed by atoms with Gasteiger partial charge in [-0.25, -0.2) is 0 Å². The molecule has 124 valence electrons. The average molecular weight is 336 g/mol. The number of hydrogen-bond donors (Lipinski definition) is 1. The number of phenols is 1. The number of benzene rings is 1. The third-order valence-corrected chi connectivity index (χ3v) is 5.88. The topological polar surface area (TPSA) is 49.8 Å². The Kier molecular flexibility index (Phi) is 3.93. The second-order valence-electron chi connectivity index (χ2n) is 6.84. The van der Waals surface area contributed by atoms with Crippen LogP contribution in [0, 0.1) is 5.92 Å². The van der Waals surface area contributed by atoms with Crippen molar-refractivity contribution in [3.8, 4) is 11.5 Å². The fourth-order valence-corrected chi connectivity index (χ4v) is 4.84. The quantitative estimate of drug-likeness (QED) is 0.856. The molecule has 1 aromatic rings. The molecule has 0 saturated carbocycles. The van der Waals surface area contributed by atoms with Crippen LogP contribution in [0.2, 0.25) is 0 Å². The zero-order valence-corrected chi connectivity index (χ0v) is 14.2. The smallest absolute Gasteiger partial charge is 0.161 e. The van der Waals surface area contributed by atoms with Crippen LogP contribution in [0.1, 0.15) is 24.0 Å². The number of ether oxygens (including phenoxy) is 1. The maximum absolute atomic E-state index is 12.2. The molecule has 1 fully saturated rings. The van der Waals surface area contributed by atoms with Crippen LogP contribution in [0.25, 0.3) is 0 Å². The molecule has 23 heavy (non-hydrogen) atoms. The summed E-state index contributed by atoms with van der Waals surface area (Å²) in [6, 6.07) is 4.29. The number of hydrogen-bond acceptors (Lipinski definition) is 4. The van der Waals surface area contributed by atoms with E-state index in [-0.39, 0.29) is 35.3 Å². The van der Waals surface area contributed by atoms with Crippen molar-refractivity contribution in [2.24, 2.45) is 5.92 Å². The van der Waals surface area contributed by atoms with Crippen molar-refractivity contribution in [3.05, 3.63) is 35.4 Å². The predicted octanol–water partition coefficient (Wildman–Crippen LogP) is 2.47. The van der Waals surface area contributed by atoms with Gasteiger partial charge in [0.2, 0.25) is 0 Å². The Bertz CT molecular complexity index is 687. The molecule has 2 aliphatic carbocycles. The number of likely N-dealkylation sites (N-methyl/N-ethyl adjacent to an activating group) is 1. The van der Waals surface area contributed by atoms with Gasteiger partial charge in [0.1, 0.15) is 0 Å². The van der Waals surface area contributed by atoms with Gasteiger partial charge in [0, 0.05) is 29.4 Å². The lowest BCUT2D eigenvalue weighted by Gasteiger charge is -2.56. The Hall–Kier alpha value is -1.52. The van der Waals surface area contributed by atoms with Crippen LogP contribution in [-0.2, 0) is 16.6 Å². The van der Waals surface area contributed by atoms with Gasteiger partial charge in [-0.1, -0.05) is 12.1 Å². The molecule has 0 radical (unpaired) electrons. The first kappa shape index (κ1) is 16.3. The number of aromatic hydroxyl groups is 1. The second kappa shape index (κ2) is 5.53. The van der Waals surface area contributed by atoms with Crippen LogP contribution in [0.5, 0.6) is 11.5 Å². The number of piperidine rings is 1. The number of carbonyl (C=O) groups excluding carboxylic acids is 1. The molecule has 4 rings (SSSR count). The SMILES string of the molecule is COc1ccc2c(c1O)[C@]13CCN(C)[C@H](C2)[C@@H]1C=CC(=O)C3.Cl. The lowest BCUT2D eigenvalue weighted by atomic mass is 9.53. The summed E-state index contributed by atoms with van der Waals surface area (Å²) in [5, 5.41) is 10.8. The zero-order valence-electron chi connectivity index (χ0n) is 13.4. The first-order chi connectivity index (χ1) is 10.6. The molecule has 1 aromatic carbocycles. The van der Waals surface area contributed by atoms with Gasteiger partial charge in [-0.05, 0) is 44.1 Å². The van der Waals surface area contributed by atoms with Crippen molar-refractivity contribution in [1.29, 1.82) is 0 Å². The number of fused-ring (bicyclic) bond motifs is 1. The third-order valence-electron chi connectivity index (χ3n) is 5.88. The molecule has 0 unspecified atom stereocenters. The Labute approximate surface area is 142 Å². The first-order valence-corrected chi connectivity index (χ1v) is 7.87. The van der Waals surface area contributed by atoms with E-state index in [0.29, 0.717) is 18.2 Å². The van der Waals surface area contributed by atoms with Gasteiger partial charge in [-0.2, -0.15) is 0 Å². The minimum absolute atomic E-state index is 0. The van der Waals surface area contributed by atoms with Crippen molar-refractivity contribution in [2.75, 3.05) is 20.7 Å². The zero-order chi connectivity index (χ0) is 15.5. The lowest BCUT2D eigenvalue weighted by molar-refractivity contribution is -0.118. The highest BCUT2D eigenvalue weighted by Crippen LogP contribution is 2.56. The van der Waals surface area contributed by atoms with Crippen molar-refractivity contribution in [2.45, 2.75) is 30.7 Å². The van der Waals surface area contributed by atoms with Crippen LogP contribution in [0.3, 0.4) is 0 Å². The Morgan fingerprint density at radius 3 is 2.91 bits per heavy atom. The Morgan fingerprint density at radius 2 is 2.17 bits per heavy atom. The minimum Gasteiger partial charge on any atom is -0.504 e. The first-order valence-electron chi connectivity index (χ1n) is 7.87. The van der Waals surface area contributed by atoms with Crippen molar-refractivity contribution in [1.82, 2.24) is 4.90 Å². The minimum atomic E-state index is -0.269. The maximum atomic E-state index is 12.2. The van der Waals surface area contributed by atoms with Crippen molar-refractivity contribution >= 4 is 18.2 Å². The summed E-state index contributed by atoms with van der Waals surface area (Å²) in [5.74, 6) is 1.19. The summed E-state index contributed by atoms with van der Waals surface area (Å²) in [4.78, 5) is 14.6. The average Bonchev–Trinajstić information content (AvgIpc) is 2.50. The van der Waals surface area contributed by atoms with E-state index in [1.165, 1.54) is 0 Å². The molecule has 1 N–H and O–H groups in total. The number of rotatable bonds is 1. The molecule has 0 aromatic heterocycles. The molecule has 0 amide bonds. The number of halogens is 1. The lowest BCUT2D eigenvalue weighted by Crippen LogP contribution is -2.59. The molecule has 3 aliphatic rings. The van der Waals surface area contributed by atoms with Crippen LogP contribution in [0.4, 0.5) is 0 Å². The second-order valence-corrected chi connectivity index (χ2v) is 6.84. The monoisotopic (exact) mass is 335 g/mol. The normalized spacial score (nSPS) is 31.8.